The predicted octanol–water partition coefficient (Wildman–Crippen LogP) is 2.48. The van der Waals surface area contributed by atoms with Crippen LogP contribution in [0.15, 0.2) is 42.6 Å². The molecule has 0 saturated heterocycles. The first kappa shape index (κ1) is 24.3. The largest absolute Gasteiger partial charge is 0.494 e. The minimum absolute atomic E-state index is 0.00656. The number of likely N-dealkylation sites (N-methyl/N-ethyl adjacent to an activating group) is 1. The third-order valence-electron chi connectivity index (χ3n) is 5.28. The molecule has 0 unspecified atom stereocenters. The lowest BCUT2D eigenvalue weighted by Crippen LogP contribution is -2.38. The summed E-state index contributed by atoms with van der Waals surface area (Å²) in [5, 5.41) is 4.94. The molecule has 0 radical (unpaired) electrons. The zero-order chi connectivity index (χ0) is 25.0. The summed E-state index contributed by atoms with van der Waals surface area (Å²) in [5.41, 5.74) is 2.14. The summed E-state index contributed by atoms with van der Waals surface area (Å²) in [4.78, 5) is 51.2. The van der Waals surface area contributed by atoms with E-state index in [2.05, 4.69) is 10.6 Å². The molecule has 0 aliphatic rings. The smallest absolute Gasteiger partial charge is 0.339 e. The second-order valence-corrected chi connectivity index (χ2v) is 7.64. The van der Waals surface area contributed by atoms with E-state index in [0.717, 1.165) is 5.52 Å². The van der Waals surface area contributed by atoms with Gasteiger partial charge in [-0.1, -0.05) is 6.07 Å². The topological polar surface area (TPSA) is 118 Å². The van der Waals surface area contributed by atoms with Gasteiger partial charge in [0.2, 0.25) is 11.7 Å². The molecule has 1 aromatic carbocycles. The lowest BCUT2D eigenvalue weighted by atomic mass is 10.0. The highest BCUT2D eigenvalue weighted by Crippen LogP contribution is 2.32. The molecule has 0 atom stereocenters. The minimum atomic E-state index is -0.733. The predicted molar refractivity (Wildman–Crippen MR) is 126 cm³/mol. The van der Waals surface area contributed by atoms with E-state index < -0.39 is 12.0 Å². The van der Waals surface area contributed by atoms with Gasteiger partial charge in [0.1, 0.15) is 11.4 Å². The van der Waals surface area contributed by atoms with Gasteiger partial charge in [0, 0.05) is 31.4 Å². The first-order valence-electron chi connectivity index (χ1n) is 10.3. The quantitative estimate of drug-likeness (QED) is 0.408. The monoisotopic (exact) mass is 466 g/mol. The number of aromatic nitrogens is 1. The van der Waals surface area contributed by atoms with Gasteiger partial charge in [0.25, 0.3) is 0 Å². The number of nitrogens with zero attached hydrogens (tertiary/aromatic N) is 2. The summed E-state index contributed by atoms with van der Waals surface area (Å²) in [6.07, 6.45) is 1.76. The number of anilines is 1. The third-order valence-corrected chi connectivity index (χ3v) is 5.28. The number of benzene rings is 1. The van der Waals surface area contributed by atoms with Gasteiger partial charge in [0.05, 0.1) is 37.5 Å². The molecule has 34 heavy (non-hydrogen) atoms. The van der Waals surface area contributed by atoms with Crippen molar-refractivity contribution in [2.24, 2.45) is 0 Å². The van der Waals surface area contributed by atoms with E-state index in [-0.39, 0.29) is 35.0 Å². The number of ether oxygens (including phenoxy) is 2. The van der Waals surface area contributed by atoms with Crippen LogP contribution in [0.5, 0.6) is 5.75 Å². The Labute approximate surface area is 196 Å². The number of rotatable bonds is 7. The number of carbonyl (C=O) groups is 4. The van der Waals surface area contributed by atoms with E-state index in [4.69, 9.17) is 9.47 Å². The maximum absolute atomic E-state index is 13.5. The van der Waals surface area contributed by atoms with Crippen molar-refractivity contribution in [1.29, 1.82) is 0 Å². The molecule has 10 nitrogen and oxygen atoms in total. The fourth-order valence-electron chi connectivity index (χ4n) is 3.53. The molecule has 3 amide bonds. The zero-order valence-corrected chi connectivity index (χ0v) is 19.6. The standard InChI is InChI=1S/C24H26N4O6/c1-14-20(28-11-7-6-8-18(28)22(14)33-4)21(30)15-9-10-17(16(12-15)23(31)34-5)26-24(32)25-13-19(29)27(2)3/h6-12H,13H2,1-5H3,(H2,25,26,32). The van der Waals surface area contributed by atoms with Crippen LogP contribution in [-0.4, -0.2) is 67.9 Å². The van der Waals surface area contributed by atoms with Crippen LogP contribution in [-0.2, 0) is 9.53 Å². The Balaban J connectivity index is 1.96. The van der Waals surface area contributed by atoms with Gasteiger partial charge >= 0.3 is 12.0 Å². The van der Waals surface area contributed by atoms with Gasteiger partial charge in [0.15, 0.2) is 0 Å². The van der Waals surface area contributed by atoms with E-state index in [1.807, 2.05) is 12.1 Å². The number of ketones is 1. The molecule has 2 aromatic heterocycles. The van der Waals surface area contributed by atoms with Crippen molar-refractivity contribution >= 4 is 34.9 Å². The molecule has 0 aliphatic heterocycles. The van der Waals surface area contributed by atoms with Crippen molar-refractivity contribution in [2.75, 3.05) is 40.2 Å². The lowest BCUT2D eigenvalue weighted by molar-refractivity contribution is -0.127. The average Bonchev–Trinajstić information content (AvgIpc) is 3.12. The fourth-order valence-corrected chi connectivity index (χ4v) is 3.53. The van der Waals surface area contributed by atoms with Crippen molar-refractivity contribution < 1.29 is 28.7 Å². The maximum atomic E-state index is 13.5. The number of nitrogens with one attached hydrogen (secondary N) is 2. The number of urea groups is 1. The number of amides is 3. The highest BCUT2D eigenvalue weighted by molar-refractivity contribution is 6.12. The number of hydrogen-bond acceptors (Lipinski definition) is 6. The van der Waals surface area contributed by atoms with E-state index in [0.29, 0.717) is 17.0 Å². The number of hydrogen-bond donors (Lipinski definition) is 2. The van der Waals surface area contributed by atoms with Crippen LogP contribution >= 0.6 is 0 Å². The van der Waals surface area contributed by atoms with Crippen LogP contribution < -0.4 is 15.4 Å². The molecular formula is C24H26N4O6. The van der Waals surface area contributed by atoms with Crippen LogP contribution in [0, 0.1) is 6.92 Å². The maximum Gasteiger partial charge on any atom is 0.339 e. The first-order chi connectivity index (χ1) is 16.2. The van der Waals surface area contributed by atoms with Gasteiger partial charge in [-0.05, 0) is 37.3 Å². The Bertz CT molecular complexity index is 1280. The molecule has 0 aliphatic carbocycles. The Hall–Kier alpha value is -4.34. The molecule has 2 heterocycles. The minimum Gasteiger partial charge on any atom is -0.494 e. The van der Waals surface area contributed by atoms with Gasteiger partial charge in [-0.15, -0.1) is 0 Å². The van der Waals surface area contributed by atoms with Gasteiger partial charge in [-0.3, -0.25) is 9.59 Å². The fraction of sp³-hybridized carbons (Fsp3) is 0.250. The lowest BCUT2D eigenvalue weighted by Gasteiger charge is -2.14. The Morgan fingerprint density at radius 2 is 1.79 bits per heavy atom. The molecule has 0 bridgehead atoms. The number of pyridine rings is 1. The van der Waals surface area contributed by atoms with E-state index in [9.17, 15) is 19.2 Å². The van der Waals surface area contributed by atoms with E-state index >= 15 is 0 Å². The van der Waals surface area contributed by atoms with Gasteiger partial charge < -0.3 is 29.4 Å². The third kappa shape index (κ3) is 4.70. The van der Waals surface area contributed by atoms with E-state index in [1.54, 1.807) is 37.7 Å². The van der Waals surface area contributed by atoms with Gasteiger partial charge in [-0.2, -0.15) is 0 Å². The first-order valence-corrected chi connectivity index (χ1v) is 10.3. The molecule has 0 saturated carbocycles. The normalized spacial score (nSPS) is 10.5. The molecule has 0 spiro atoms. The highest BCUT2D eigenvalue weighted by atomic mass is 16.5. The van der Waals surface area contributed by atoms with Crippen LogP contribution in [0.3, 0.4) is 0 Å². The molecule has 3 rings (SSSR count). The summed E-state index contributed by atoms with van der Waals surface area (Å²) in [6.45, 7) is 1.57. The SMILES string of the molecule is COC(=O)c1cc(C(=O)c2c(C)c(OC)c3ccccn23)ccc1NC(=O)NCC(=O)N(C)C. The molecular weight excluding hydrogens is 440 g/mol. The number of esters is 1. The van der Waals surface area contributed by atoms with Crippen molar-refractivity contribution in [3.63, 3.8) is 0 Å². The molecule has 3 aromatic rings. The van der Waals surface area contributed by atoms with Crippen LogP contribution in [0.2, 0.25) is 0 Å². The van der Waals surface area contributed by atoms with Crippen LogP contribution in [0.25, 0.3) is 5.52 Å². The van der Waals surface area contributed by atoms with Crippen LogP contribution in [0.1, 0.15) is 32.0 Å². The summed E-state index contributed by atoms with van der Waals surface area (Å²) in [7, 11) is 5.87. The van der Waals surface area contributed by atoms with Crippen molar-refractivity contribution in [1.82, 2.24) is 14.6 Å². The number of fused-ring (bicyclic) bond motifs is 1. The number of carbonyl (C=O) groups excluding carboxylic acids is 4. The van der Waals surface area contributed by atoms with Crippen molar-refractivity contribution in [2.45, 2.75) is 6.92 Å². The summed E-state index contributed by atoms with van der Waals surface area (Å²) < 4.78 is 12.1. The molecule has 2 N–H and O–H groups in total. The van der Waals surface area contributed by atoms with Crippen LogP contribution in [0.4, 0.5) is 10.5 Å². The number of methoxy groups -OCH3 is 2. The summed E-state index contributed by atoms with van der Waals surface area (Å²) in [5.74, 6) is -0.780. The second-order valence-electron chi connectivity index (χ2n) is 7.64. The Kier molecular flexibility index (Phi) is 7.20. The molecule has 178 valence electrons. The second kappa shape index (κ2) is 10.1. The zero-order valence-electron chi connectivity index (χ0n) is 19.6. The van der Waals surface area contributed by atoms with Crippen molar-refractivity contribution in [3.8, 4) is 5.75 Å². The molecule has 0 fully saturated rings. The average molecular weight is 466 g/mol. The summed E-state index contributed by atoms with van der Waals surface area (Å²) in [6, 6.07) is 9.11. The Morgan fingerprint density at radius 1 is 1.06 bits per heavy atom. The van der Waals surface area contributed by atoms with Crippen molar-refractivity contribution in [3.05, 3.63) is 65.0 Å². The molecule has 10 heteroatoms. The van der Waals surface area contributed by atoms with E-state index in [1.165, 1.54) is 37.3 Å². The van der Waals surface area contributed by atoms with Gasteiger partial charge in [-0.25, -0.2) is 9.59 Å². The summed E-state index contributed by atoms with van der Waals surface area (Å²) >= 11 is 0. The Morgan fingerprint density at radius 3 is 2.44 bits per heavy atom. The highest BCUT2D eigenvalue weighted by Gasteiger charge is 2.24.